The maximum Gasteiger partial charge on any atom is 0.331 e. The molecule has 2 N–H and O–H groups in total. The van der Waals surface area contributed by atoms with Crippen LogP contribution < -0.4 is 16.6 Å². The molecule has 118 valence electrons. The van der Waals surface area contributed by atoms with Crippen molar-refractivity contribution in [1.29, 1.82) is 0 Å². The summed E-state index contributed by atoms with van der Waals surface area (Å²) in [6, 6.07) is 4.73. The Balaban J connectivity index is 1.86. The summed E-state index contributed by atoms with van der Waals surface area (Å²) in [6.07, 6.45) is 1.63. The van der Waals surface area contributed by atoms with Gasteiger partial charge in [-0.2, -0.15) is 5.10 Å². The van der Waals surface area contributed by atoms with Crippen molar-refractivity contribution in [1.82, 2.24) is 29.6 Å². The van der Waals surface area contributed by atoms with Crippen LogP contribution in [0, 0.1) is 0 Å². The summed E-state index contributed by atoms with van der Waals surface area (Å²) in [5.41, 5.74) is 0.154. The van der Waals surface area contributed by atoms with Gasteiger partial charge in [-0.1, -0.05) is 0 Å². The number of carbonyl (C=O) groups excluding carboxylic acids is 1. The molecular weight excluding hydrogens is 300 g/mol. The highest BCUT2D eigenvalue weighted by atomic mass is 16.2. The van der Waals surface area contributed by atoms with Crippen molar-refractivity contribution in [2.75, 3.05) is 0 Å². The molecule has 3 rings (SSSR count). The number of hydrogen-bond acceptors (Lipinski definition) is 5. The molecule has 9 nitrogen and oxygen atoms in total. The lowest BCUT2D eigenvalue weighted by Crippen LogP contribution is -2.41. The van der Waals surface area contributed by atoms with Gasteiger partial charge in [-0.15, -0.1) is 0 Å². The van der Waals surface area contributed by atoms with Crippen LogP contribution in [0.5, 0.6) is 0 Å². The number of hydrogen-bond donors (Lipinski definition) is 2. The van der Waals surface area contributed by atoms with Crippen molar-refractivity contribution >= 4 is 16.9 Å². The van der Waals surface area contributed by atoms with Gasteiger partial charge in [0.1, 0.15) is 5.69 Å². The number of aromatic amines is 1. The van der Waals surface area contributed by atoms with E-state index in [1.165, 1.54) is 14.1 Å². The van der Waals surface area contributed by atoms with Gasteiger partial charge in [-0.3, -0.25) is 23.8 Å². The lowest BCUT2D eigenvalue weighted by Gasteiger charge is -2.09. The van der Waals surface area contributed by atoms with E-state index in [0.29, 0.717) is 11.3 Å². The average molecular weight is 314 g/mol. The molecule has 0 aliphatic rings. The number of amides is 1. The number of fused-ring (bicyclic) bond motifs is 1. The van der Waals surface area contributed by atoms with Crippen LogP contribution in [0.3, 0.4) is 0 Å². The maximum absolute atomic E-state index is 12.2. The SMILES string of the molecule is Cn1c(C(=O)NCc2[nH]nc3ncccc23)cc(=O)n(C)c1=O. The number of nitrogens with zero attached hydrogens (tertiary/aromatic N) is 4. The normalized spacial score (nSPS) is 10.9. The molecule has 3 heterocycles. The second-order valence-electron chi connectivity index (χ2n) is 5.03. The van der Waals surface area contributed by atoms with E-state index < -0.39 is 17.2 Å². The van der Waals surface area contributed by atoms with Crippen molar-refractivity contribution < 1.29 is 4.79 Å². The third-order valence-corrected chi connectivity index (χ3v) is 3.59. The fourth-order valence-electron chi connectivity index (χ4n) is 2.25. The molecule has 0 aromatic carbocycles. The predicted octanol–water partition coefficient (Wildman–Crippen LogP) is -0.715. The summed E-state index contributed by atoms with van der Waals surface area (Å²) < 4.78 is 2.06. The molecule has 0 bridgehead atoms. The van der Waals surface area contributed by atoms with E-state index in [4.69, 9.17) is 0 Å². The molecule has 0 aliphatic heterocycles. The average Bonchev–Trinajstić information content (AvgIpc) is 2.97. The molecule has 9 heteroatoms. The van der Waals surface area contributed by atoms with Gasteiger partial charge in [0, 0.05) is 31.7 Å². The summed E-state index contributed by atoms with van der Waals surface area (Å²) in [6.45, 7) is 0.171. The lowest BCUT2D eigenvalue weighted by atomic mass is 10.2. The first-order chi connectivity index (χ1) is 11.0. The zero-order valence-corrected chi connectivity index (χ0v) is 12.5. The summed E-state index contributed by atoms with van der Waals surface area (Å²) in [5, 5.41) is 10.3. The molecule has 0 fully saturated rings. The number of rotatable bonds is 3. The first-order valence-corrected chi connectivity index (χ1v) is 6.82. The zero-order chi connectivity index (χ0) is 16.6. The summed E-state index contributed by atoms with van der Waals surface area (Å²) in [7, 11) is 2.79. The fourth-order valence-corrected chi connectivity index (χ4v) is 2.25. The minimum absolute atomic E-state index is 0.0000425. The van der Waals surface area contributed by atoms with Crippen molar-refractivity contribution in [3.63, 3.8) is 0 Å². The Morgan fingerprint density at radius 2 is 2.09 bits per heavy atom. The van der Waals surface area contributed by atoms with Gasteiger partial charge in [0.15, 0.2) is 5.65 Å². The van der Waals surface area contributed by atoms with Crippen LogP contribution in [0.4, 0.5) is 0 Å². The second kappa shape index (κ2) is 5.52. The molecule has 0 saturated heterocycles. The Kier molecular flexibility index (Phi) is 3.53. The van der Waals surface area contributed by atoms with Crippen LogP contribution in [0.15, 0.2) is 34.0 Å². The van der Waals surface area contributed by atoms with Crippen molar-refractivity contribution in [2.24, 2.45) is 14.1 Å². The molecular formula is C14H14N6O3. The molecule has 0 unspecified atom stereocenters. The standard InChI is InChI=1S/C14H14N6O3/c1-19-10(6-11(21)20(2)14(19)23)13(22)16-7-9-8-4-3-5-15-12(8)18-17-9/h3-6H,7H2,1-2H3,(H,16,22)(H,15,17,18). The highest BCUT2D eigenvalue weighted by Crippen LogP contribution is 2.12. The molecule has 23 heavy (non-hydrogen) atoms. The summed E-state index contributed by atoms with van der Waals surface area (Å²) >= 11 is 0. The quantitative estimate of drug-likeness (QED) is 0.662. The Bertz CT molecular complexity index is 1010. The number of H-pyrrole nitrogens is 1. The van der Waals surface area contributed by atoms with E-state index in [1.54, 1.807) is 12.3 Å². The van der Waals surface area contributed by atoms with Gasteiger partial charge in [0.05, 0.1) is 12.2 Å². The number of pyridine rings is 1. The molecule has 3 aromatic rings. The summed E-state index contributed by atoms with van der Waals surface area (Å²) in [5.74, 6) is -0.519. The van der Waals surface area contributed by atoms with Crippen LogP contribution in [0.25, 0.3) is 11.0 Å². The molecule has 0 radical (unpaired) electrons. The Hall–Kier alpha value is -3.23. The van der Waals surface area contributed by atoms with E-state index >= 15 is 0 Å². The smallest absolute Gasteiger partial charge is 0.331 e. The zero-order valence-electron chi connectivity index (χ0n) is 12.5. The molecule has 0 atom stereocenters. The van der Waals surface area contributed by atoms with Gasteiger partial charge in [0.25, 0.3) is 11.5 Å². The largest absolute Gasteiger partial charge is 0.345 e. The Labute approximate surface area is 129 Å². The molecule has 1 amide bonds. The third-order valence-electron chi connectivity index (χ3n) is 3.59. The number of carbonyl (C=O) groups is 1. The number of aromatic nitrogens is 5. The molecule has 0 saturated carbocycles. The second-order valence-corrected chi connectivity index (χ2v) is 5.03. The van der Waals surface area contributed by atoms with Crippen molar-refractivity contribution in [2.45, 2.75) is 6.54 Å². The van der Waals surface area contributed by atoms with Crippen LogP contribution in [0.1, 0.15) is 16.2 Å². The predicted molar refractivity (Wildman–Crippen MR) is 82.0 cm³/mol. The molecule has 0 spiro atoms. The maximum atomic E-state index is 12.2. The van der Waals surface area contributed by atoms with Crippen LogP contribution in [-0.4, -0.2) is 30.2 Å². The van der Waals surface area contributed by atoms with Crippen molar-refractivity contribution in [3.8, 4) is 0 Å². The Morgan fingerprint density at radius 3 is 2.87 bits per heavy atom. The van der Waals surface area contributed by atoms with E-state index in [0.717, 1.165) is 20.6 Å². The Morgan fingerprint density at radius 1 is 1.30 bits per heavy atom. The van der Waals surface area contributed by atoms with Gasteiger partial charge >= 0.3 is 5.69 Å². The topological polar surface area (TPSA) is 115 Å². The first kappa shape index (κ1) is 14.7. The van der Waals surface area contributed by atoms with Crippen molar-refractivity contribution in [3.05, 3.63) is 56.6 Å². The lowest BCUT2D eigenvalue weighted by molar-refractivity contribution is 0.0940. The van der Waals surface area contributed by atoms with E-state index in [2.05, 4.69) is 20.5 Å². The van der Waals surface area contributed by atoms with Crippen LogP contribution in [0.2, 0.25) is 0 Å². The van der Waals surface area contributed by atoms with Crippen LogP contribution >= 0.6 is 0 Å². The van der Waals surface area contributed by atoms with Gasteiger partial charge in [-0.05, 0) is 12.1 Å². The minimum atomic E-state index is -0.557. The van der Waals surface area contributed by atoms with E-state index in [-0.39, 0.29) is 12.2 Å². The molecule has 3 aromatic heterocycles. The van der Waals surface area contributed by atoms with E-state index in [1.807, 2.05) is 6.07 Å². The van der Waals surface area contributed by atoms with Gasteiger partial charge in [0.2, 0.25) is 0 Å². The number of nitrogens with one attached hydrogen (secondary N) is 2. The van der Waals surface area contributed by atoms with Crippen LogP contribution in [-0.2, 0) is 20.6 Å². The summed E-state index contributed by atoms with van der Waals surface area (Å²) in [4.78, 5) is 39.8. The monoisotopic (exact) mass is 314 g/mol. The van der Waals surface area contributed by atoms with E-state index in [9.17, 15) is 14.4 Å². The molecule has 0 aliphatic carbocycles. The van der Waals surface area contributed by atoms with Gasteiger partial charge in [-0.25, -0.2) is 9.78 Å². The third kappa shape index (κ3) is 2.52. The minimum Gasteiger partial charge on any atom is -0.345 e. The highest BCUT2D eigenvalue weighted by Gasteiger charge is 2.14. The fraction of sp³-hybridized carbons (Fsp3) is 0.214. The van der Waals surface area contributed by atoms with Gasteiger partial charge < -0.3 is 5.32 Å². The highest BCUT2D eigenvalue weighted by molar-refractivity contribution is 5.92. The first-order valence-electron chi connectivity index (χ1n) is 6.82.